The van der Waals surface area contributed by atoms with E-state index in [2.05, 4.69) is 44.0 Å². The van der Waals surface area contributed by atoms with Crippen molar-refractivity contribution in [1.29, 1.82) is 0 Å². The number of thioether (sulfide) groups is 1. The van der Waals surface area contributed by atoms with Crippen LogP contribution < -0.4 is 5.32 Å². The van der Waals surface area contributed by atoms with Crippen LogP contribution in [0.5, 0.6) is 0 Å². The Bertz CT molecular complexity index is 383. The third-order valence-corrected chi connectivity index (χ3v) is 4.84. The Hall–Kier alpha value is 0.260. The van der Waals surface area contributed by atoms with Crippen LogP contribution in [0.3, 0.4) is 0 Å². The molecular weight excluding hydrogens is 332 g/mol. The van der Waals surface area contributed by atoms with Crippen LogP contribution in [0.25, 0.3) is 0 Å². The van der Waals surface area contributed by atoms with Gasteiger partial charge in [-0.05, 0) is 23.8 Å². The van der Waals surface area contributed by atoms with Gasteiger partial charge in [0.1, 0.15) is 0 Å². The molecule has 1 aromatic carbocycles. The second-order valence-corrected chi connectivity index (χ2v) is 6.91. The van der Waals surface area contributed by atoms with Crippen LogP contribution in [0.15, 0.2) is 22.7 Å². The zero-order chi connectivity index (χ0) is 12.8. The zero-order valence-corrected chi connectivity index (χ0v) is 13.5. The summed E-state index contributed by atoms with van der Waals surface area (Å²) in [6, 6.07) is 5.98. The normalized spacial score (nSPS) is 17.0. The molecule has 0 unspecified atom stereocenters. The van der Waals surface area contributed by atoms with Crippen molar-refractivity contribution in [2.75, 3.05) is 37.7 Å². The quantitative estimate of drug-likeness (QED) is 0.822. The second-order valence-electron chi connectivity index (χ2n) is 4.37. The van der Waals surface area contributed by atoms with Gasteiger partial charge in [0.25, 0.3) is 0 Å². The van der Waals surface area contributed by atoms with E-state index >= 15 is 0 Å². The molecule has 0 aliphatic carbocycles. The molecule has 5 heteroatoms. The monoisotopic (exact) mass is 348 g/mol. The first-order chi connectivity index (χ1) is 8.75. The van der Waals surface area contributed by atoms with Gasteiger partial charge in [-0.15, -0.1) is 0 Å². The number of benzene rings is 1. The highest BCUT2D eigenvalue weighted by Crippen LogP contribution is 2.20. The van der Waals surface area contributed by atoms with Crippen molar-refractivity contribution in [2.45, 2.75) is 6.54 Å². The first-order valence-corrected chi connectivity index (χ1v) is 8.53. The molecule has 1 aromatic rings. The van der Waals surface area contributed by atoms with E-state index < -0.39 is 0 Å². The summed E-state index contributed by atoms with van der Waals surface area (Å²) in [7, 11) is 0. The number of hydrogen-bond donors (Lipinski definition) is 1. The average Bonchev–Trinajstić information content (AvgIpc) is 2.40. The fraction of sp³-hybridized carbons (Fsp3) is 0.538. The molecule has 0 atom stereocenters. The summed E-state index contributed by atoms with van der Waals surface area (Å²) in [5.74, 6) is 2.55. The van der Waals surface area contributed by atoms with E-state index in [1.165, 1.54) is 24.6 Å². The average molecular weight is 350 g/mol. The van der Waals surface area contributed by atoms with Gasteiger partial charge in [0, 0.05) is 53.7 Å². The highest BCUT2D eigenvalue weighted by Gasteiger charge is 2.09. The molecule has 1 fully saturated rings. The second kappa shape index (κ2) is 7.75. The molecule has 2 rings (SSSR count). The summed E-state index contributed by atoms with van der Waals surface area (Å²) in [5.41, 5.74) is 1.15. The molecule has 1 N–H and O–H groups in total. The van der Waals surface area contributed by atoms with Crippen LogP contribution in [0, 0.1) is 0 Å². The number of halogens is 2. The minimum atomic E-state index is 0.833. The molecule has 0 aromatic heterocycles. The van der Waals surface area contributed by atoms with Crippen molar-refractivity contribution < 1.29 is 0 Å². The molecule has 0 bridgehead atoms. The van der Waals surface area contributed by atoms with Crippen LogP contribution in [0.4, 0.5) is 0 Å². The van der Waals surface area contributed by atoms with E-state index in [0.29, 0.717) is 0 Å². The molecule has 18 heavy (non-hydrogen) atoms. The standard InChI is InChI=1S/C13H18BrClN2S/c14-12-1-2-13(15)11(9-12)10-16-3-4-17-5-7-18-8-6-17/h1-2,9,16H,3-8,10H2. The summed E-state index contributed by atoms with van der Waals surface area (Å²) in [5, 5.41) is 4.30. The Kier molecular flexibility index (Phi) is 6.32. The molecule has 0 radical (unpaired) electrons. The minimum absolute atomic E-state index is 0.833. The van der Waals surface area contributed by atoms with Crippen LogP contribution >= 0.6 is 39.3 Å². The predicted molar refractivity (Wildman–Crippen MR) is 84.6 cm³/mol. The Balaban J connectivity index is 1.69. The van der Waals surface area contributed by atoms with Crippen molar-refractivity contribution in [2.24, 2.45) is 0 Å². The molecular formula is C13H18BrClN2S. The van der Waals surface area contributed by atoms with Gasteiger partial charge in [-0.3, -0.25) is 0 Å². The van der Waals surface area contributed by atoms with Crippen molar-refractivity contribution in [3.05, 3.63) is 33.3 Å². The summed E-state index contributed by atoms with van der Waals surface area (Å²) in [6.07, 6.45) is 0. The maximum atomic E-state index is 6.15. The van der Waals surface area contributed by atoms with Crippen molar-refractivity contribution >= 4 is 39.3 Å². The highest BCUT2D eigenvalue weighted by molar-refractivity contribution is 9.10. The first-order valence-electron chi connectivity index (χ1n) is 6.20. The number of hydrogen-bond acceptors (Lipinski definition) is 3. The maximum Gasteiger partial charge on any atom is 0.0451 e. The maximum absolute atomic E-state index is 6.15. The summed E-state index contributed by atoms with van der Waals surface area (Å²) < 4.78 is 1.08. The molecule has 1 aliphatic rings. The molecule has 0 spiro atoms. The first kappa shape index (κ1) is 14.7. The third kappa shape index (κ3) is 4.74. The lowest BCUT2D eigenvalue weighted by Crippen LogP contribution is -2.37. The predicted octanol–water partition coefficient (Wildman–Crippen LogP) is 3.24. The van der Waals surface area contributed by atoms with Crippen LogP contribution in [-0.2, 0) is 6.54 Å². The summed E-state index contributed by atoms with van der Waals surface area (Å²) >= 11 is 11.7. The lowest BCUT2D eigenvalue weighted by atomic mass is 10.2. The Morgan fingerprint density at radius 1 is 1.33 bits per heavy atom. The van der Waals surface area contributed by atoms with Gasteiger partial charge in [-0.1, -0.05) is 27.5 Å². The fourth-order valence-corrected chi connectivity index (χ4v) is 3.54. The molecule has 0 saturated carbocycles. The van der Waals surface area contributed by atoms with Gasteiger partial charge in [-0.25, -0.2) is 0 Å². The van der Waals surface area contributed by atoms with Gasteiger partial charge in [0.2, 0.25) is 0 Å². The lowest BCUT2D eigenvalue weighted by Gasteiger charge is -2.26. The van der Waals surface area contributed by atoms with Gasteiger partial charge in [0.05, 0.1) is 0 Å². The fourth-order valence-electron chi connectivity index (χ4n) is 1.96. The molecule has 1 heterocycles. The largest absolute Gasteiger partial charge is 0.311 e. The van der Waals surface area contributed by atoms with Crippen molar-refractivity contribution in [3.63, 3.8) is 0 Å². The number of nitrogens with zero attached hydrogens (tertiary/aromatic N) is 1. The van der Waals surface area contributed by atoms with Crippen LogP contribution in [0.2, 0.25) is 5.02 Å². The number of rotatable bonds is 5. The van der Waals surface area contributed by atoms with Crippen LogP contribution in [0.1, 0.15) is 5.56 Å². The summed E-state index contributed by atoms with van der Waals surface area (Å²) in [4.78, 5) is 2.52. The van der Waals surface area contributed by atoms with Gasteiger partial charge < -0.3 is 10.2 Å². The van der Waals surface area contributed by atoms with E-state index in [9.17, 15) is 0 Å². The molecule has 0 amide bonds. The Morgan fingerprint density at radius 2 is 2.11 bits per heavy atom. The van der Waals surface area contributed by atoms with E-state index in [0.717, 1.165) is 34.7 Å². The van der Waals surface area contributed by atoms with Crippen molar-refractivity contribution in [1.82, 2.24) is 10.2 Å². The van der Waals surface area contributed by atoms with E-state index in [4.69, 9.17) is 11.6 Å². The van der Waals surface area contributed by atoms with Gasteiger partial charge >= 0.3 is 0 Å². The van der Waals surface area contributed by atoms with Crippen molar-refractivity contribution in [3.8, 4) is 0 Å². The number of nitrogens with one attached hydrogen (secondary N) is 1. The van der Waals surface area contributed by atoms with E-state index in [1.54, 1.807) is 0 Å². The SMILES string of the molecule is Clc1ccc(Br)cc1CNCCN1CCSCC1. The Morgan fingerprint density at radius 3 is 2.89 bits per heavy atom. The van der Waals surface area contributed by atoms with E-state index in [1.807, 2.05) is 12.1 Å². The highest BCUT2D eigenvalue weighted by atomic mass is 79.9. The topological polar surface area (TPSA) is 15.3 Å². The van der Waals surface area contributed by atoms with Gasteiger partial charge in [0.15, 0.2) is 0 Å². The molecule has 1 aliphatic heterocycles. The zero-order valence-electron chi connectivity index (χ0n) is 10.3. The molecule has 100 valence electrons. The van der Waals surface area contributed by atoms with Crippen LogP contribution in [-0.4, -0.2) is 42.6 Å². The summed E-state index contributed by atoms with van der Waals surface area (Å²) in [6.45, 7) is 5.44. The molecule has 2 nitrogen and oxygen atoms in total. The smallest absolute Gasteiger partial charge is 0.0451 e. The molecule has 1 saturated heterocycles. The minimum Gasteiger partial charge on any atom is -0.311 e. The third-order valence-electron chi connectivity index (χ3n) is 3.03. The Labute approximate surface area is 127 Å². The van der Waals surface area contributed by atoms with E-state index in [-0.39, 0.29) is 0 Å². The lowest BCUT2D eigenvalue weighted by molar-refractivity contribution is 0.301. The van der Waals surface area contributed by atoms with Gasteiger partial charge in [-0.2, -0.15) is 11.8 Å².